The number of hydrogen-bond acceptors (Lipinski definition) is 2. The molecule has 0 unspecified atom stereocenters. The molecule has 1 atom stereocenters. The van der Waals surface area contributed by atoms with Gasteiger partial charge in [-0.2, -0.15) is 0 Å². The van der Waals surface area contributed by atoms with E-state index in [9.17, 15) is 9.90 Å². The summed E-state index contributed by atoms with van der Waals surface area (Å²) < 4.78 is 0. The molecule has 1 rings (SSSR count). The Balaban J connectivity index is 3.02. The maximum absolute atomic E-state index is 11.2. The van der Waals surface area contributed by atoms with Crippen molar-refractivity contribution >= 4 is 5.97 Å². The SMILES string of the molecule is CCN[C@H](C(=O)O)C(C)(C)c1ccccc1. The molecule has 88 valence electrons. The maximum Gasteiger partial charge on any atom is 0.321 e. The summed E-state index contributed by atoms with van der Waals surface area (Å²) in [5.74, 6) is -0.810. The Morgan fingerprint density at radius 1 is 1.38 bits per heavy atom. The van der Waals surface area contributed by atoms with Crippen LogP contribution in [0.4, 0.5) is 0 Å². The highest BCUT2D eigenvalue weighted by atomic mass is 16.4. The molecular formula is C13H19NO2. The van der Waals surface area contributed by atoms with Crippen molar-refractivity contribution < 1.29 is 9.90 Å². The predicted molar refractivity (Wildman–Crippen MR) is 64.6 cm³/mol. The molecule has 3 nitrogen and oxygen atoms in total. The largest absolute Gasteiger partial charge is 0.480 e. The number of aliphatic carboxylic acids is 1. The molecule has 0 aromatic heterocycles. The number of carbonyl (C=O) groups is 1. The molecule has 0 saturated heterocycles. The van der Waals surface area contributed by atoms with Crippen LogP contribution < -0.4 is 5.32 Å². The standard InChI is InChI=1S/C13H19NO2/c1-4-14-11(12(15)16)13(2,3)10-8-6-5-7-9-10/h5-9,11,14H,4H2,1-3H3,(H,15,16)/t11-/m1/s1. The summed E-state index contributed by atoms with van der Waals surface area (Å²) in [7, 11) is 0. The van der Waals surface area contributed by atoms with Gasteiger partial charge in [-0.25, -0.2) is 0 Å². The predicted octanol–water partition coefficient (Wildman–Crippen LogP) is 2.03. The number of hydrogen-bond donors (Lipinski definition) is 2. The third-order valence-electron chi connectivity index (χ3n) is 2.89. The summed E-state index contributed by atoms with van der Waals surface area (Å²) >= 11 is 0. The van der Waals surface area contributed by atoms with Gasteiger partial charge in [0.05, 0.1) is 0 Å². The molecule has 0 aliphatic carbocycles. The lowest BCUT2D eigenvalue weighted by Crippen LogP contribution is -2.50. The zero-order valence-electron chi connectivity index (χ0n) is 10.0. The second-order valence-corrected chi connectivity index (χ2v) is 4.42. The first kappa shape index (κ1) is 12.7. The molecule has 0 spiro atoms. The molecule has 0 aliphatic rings. The van der Waals surface area contributed by atoms with Crippen molar-refractivity contribution in [2.24, 2.45) is 0 Å². The molecular weight excluding hydrogens is 202 g/mol. The Morgan fingerprint density at radius 2 is 1.94 bits per heavy atom. The van der Waals surface area contributed by atoms with E-state index >= 15 is 0 Å². The van der Waals surface area contributed by atoms with Crippen molar-refractivity contribution in [1.29, 1.82) is 0 Å². The van der Waals surface area contributed by atoms with Crippen molar-refractivity contribution in [1.82, 2.24) is 5.32 Å². The minimum Gasteiger partial charge on any atom is -0.480 e. The van der Waals surface area contributed by atoms with Gasteiger partial charge in [0.2, 0.25) is 0 Å². The molecule has 0 amide bonds. The monoisotopic (exact) mass is 221 g/mol. The number of carboxylic acids is 1. The number of benzene rings is 1. The van der Waals surface area contributed by atoms with E-state index in [0.717, 1.165) is 5.56 Å². The number of rotatable bonds is 5. The molecule has 1 aromatic rings. The average Bonchev–Trinajstić information content (AvgIpc) is 2.26. The normalized spacial score (nSPS) is 13.4. The molecule has 1 aromatic carbocycles. The quantitative estimate of drug-likeness (QED) is 0.799. The Kier molecular flexibility index (Phi) is 4.07. The second kappa shape index (κ2) is 5.12. The van der Waals surface area contributed by atoms with E-state index in [4.69, 9.17) is 0 Å². The summed E-state index contributed by atoms with van der Waals surface area (Å²) in [5.41, 5.74) is 0.603. The third-order valence-corrected chi connectivity index (χ3v) is 2.89. The van der Waals surface area contributed by atoms with E-state index in [-0.39, 0.29) is 0 Å². The number of nitrogens with one attached hydrogen (secondary N) is 1. The zero-order valence-corrected chi connectivity index (χ0v) is 10.0. The van der Waals surface area contributed by atoms with Crippen molar-refractivity contribution in [3.05, 3.63) is 35.9 Å². The van der Waals surface area contributed by atoms with E-state index in [0.29, 0.717) is 6.54 Å². The van der Waals surface area contributed by atoms with Crippen molar-refractivity contribution in [3.8, 4) is 0 Å². The molecule has 0 saturated carbocycles. The lowest BCUT2D eigenvalue weighted by molar-refractivity contribution is -0.141. The number of carboxylic acid groups (broad SMARTS) is 1. The van der Waals surface area contributed by atoms with E-state index in [1.807, 2.05) is 51.1 Å². The fourth-order valence-electron chi connectivity index (χ4n) is 1.89. The molecule has 2 N–H and O–H groups in total. The fourth-order valence-corrected chi connectivity index (χ4v) is 1.89. The van der Waals surface area contributed by atoms with Crippen LogP contribution in [-0.2, 0) is 10.2 Å². The summed E-state index contributed by atoms with van der Waals surface area (Å²) in [6.07, 6.45) is 0. The highest BCUT2D eigenvalue weighted by Crippen LogP contribution is 2.27. The molecule has 0 radical (unpaired) electrons. The highest BCUT2D eigenvalue weighted by molar-refractivity contribution is 5.76. The third kappa shape index (κ3) is 2.61. The fraction of sp³-hybridized carbons (Fsp3) is 0.462. The van der Waals surface area contributed by atoms with Crippen molar-refractivity contribution in [2.45, 2.75) is 32.2 Å². The molecule has 16 heavy (non-hydrogen) atoms. The van der Waals surface area contributed by atoms with Crippen LogP contribution in [0.2, 0.25) is 0 Å². The van der Waals surface area contributed by atoms with Crippen LogP contribution in [0.15, 0.2) is 30.3 Å². The average molecular weight is 221 g/mol. The van der Waals surface area contributed by atoms with Gasteiger partial charge in [0, 0.05) is 5.41 Å². The van der Waals surface area contributed by atoms with Gasteiger partial charge < -0.3 is 10.4 Å². The first-order chi connectivity index (χ1) is 7.50. The van der Waals surface area contributed by atoms with Crippen molar-refractivity contribution in [2.75, 3.05) is 6.54 Å². The van der Waals surface area contributed by atoms with Gasteiger partial charge in [0.1, 0.15) is 6.04 Å². The van der Waals surface area contributed by atoms with Gasteiger partial charge >= 0.3 is 5.97 Å². The van der Waals surface area contributed by atoms with Crippen LogP contribution in [-0.4, -0.2) is 23.7 Å². The Morgan fingerprint density at radius 3 is 2.38 bits per heavy atom. The van der Waals surface area contributed by atoms with Gasteiger partial charge in [0.25, 0.3) is 0 Å². The Bertz CT molecular complexity index is 346. The van der Waals surface area contributed by atoms with Crippen LogP contribution >= 0.6 is 0 Å². The Hall–Kier alpha value is -1.35. The highest BCUT2D eigenvalue weighted by Gasteiger charge is 2.35. The summed E-state index contributed by atoms with van der Waals surface area (Å²) in [6, 6.07) is 9.16. The van der Waals surface area contributed by atoms with Crippen LogP contribution in [0.5, 0.6) is 0 Å². The van der Waals surface area contributed by atoms with Crippen LogP contribution in [0, 0.1) is 0 Å². The second-order valence-electron chi connectivity index (χ2n) is 4.42. The summed E-state index contributed by atoms with van der Waals surface area (Å²) in [5, 5.41) is 12.3. The van der Waals surface area contributed by atoms with E-state index in [1.165, 1.54) is 0 Å². The minimum absolute atomic E-state index is 0.427. The molecule has 0 fully saturated rings. The minimum atomic E-state index is -0.810. The molecule has 0 aliphatic heterocycles. The summed E-state index contributed by atoms with van der Waals surface area (Å²) in [4.78, 5) is 11.2. The first-order valence-corrected chi connectivity index (χ1v) is 5.52. The zero-order chi connectivity index (χ0) is 12.2. The topological polar surface area (TPSA) is 49.3 Å². The number of likely N-dealkylation sites (N-methyl/N-ethyl adjacent to an activating group) is 1. The van der Waals surface area contributed by atoms with Gasteiger partial charge in [-0.3, -0.25) is 4.79 Å². The van der Waals surface area contributed by atoms with Gasteiger partial charge in [-0.05, 0) is 12.1 Å². The van der Waals surface area contributed by atoms with Crippen LogP contribution in [0.25, 0.3) is 0 Å². The van der Waals surface area contributed by atoms with E-state index < -0.39 is 17.4 Å². The van der Waals surface area contributed by atoms with E-state index in [1.54, 1.807) is 0 Å². The molecule has 0 heterocycles. The van der Waals surface area contributed by atoms with E-state index in [2.05, 4.69) is 5.32 Å². The van der Waals surface area contributed by atoms with Crippen LogP contribution in [0.3, 0.4) is 0 Å². The lowest BCUT2D eigenvalue weighted by atomic mass is 9.77. The smallest absolute Gasteiger partial charge is 0.321 e. The Labute approximate surface area is 96.5 Å². The van der Waals surface area contributed by atoms with Gasteiger partial charge in [-0.1, -0.05) is 51.1 Å². The van der Waals surface area contributed by atoms with Crippen molar-refractivity contribution in [3.63, 3.8) is 0 Å². The summed E-state index contributed by atoms with van der Waals surface area (Å²) in [6.45, 7) is 6.46. The molecule has 3 heteroatoms. The van der Waals surface area contributed by atoms with Gasteiger partial charge in [0.15, 0.2) is 0 Å². The van der Waals surface area contributed by atoms with Gasteiger partial charge in [-0.15, -0.1) is 0 Å². The first-order valence-electron chi connectivity index (χ1n) is 5.52. The van der Waals surface area contributed by atoms with Crippen LogP contribution in [0.1, 0.15) is 26.3 Å². The lowest BCUT2D eigenvalue weighted by Gasteiger charge is -2.32. The maximum atomic E-state index is 11.2. The molecule has 0 bridgehead atoms.